The molecule has 8 nitrogen and oxygen atoms in total. The van der Waals surface area contributed by atoms with Crippen LogP contribution in [0, 0.1) is 20.9 Å². The number of nitrogens with zero attached hydrogens (tertiary/aromatic N) is 3. The molecular formula is C19H21F3N4O4. The third-order valence-electron chi connectivity index (χ3n) is 6.12. The average Bonchev–Trinajstić information content (AvgIpc) is 3.07. The van der Waals surface area contributed by atoms with Crippen molar-refractivity contribution in [3.63, 3.8) is 0 Å². The number of aliphatic carboxylic acids is 1. The Morgan fingerprint density at radius 3 is 2.27 bits per heavy atom. The van der Waals surface area contributed by atoms with E-state index in [-0.39, 0.29) is 21.4 Å². The van der Waals surface area contributed by atoms with Crippen LogP contribution in [0.4, 0.5) is 24.5 Å². The fourth-order valence-electron chi connectivity index (χ4n) is 4.20. The SMILES string of the molecule is C[C@@]12CNC[C@]1(C)CN(c1ccc([N+](=O)[O-])c3cnccc13)C2.O=C(O)C(F)(F)F. The average molecular weight is 426 g/mol. The molecule has 2 aliphatic rings. The maximum Gasteiger partial charge on any atom is 0.490 e. The number of carboxylic acids is 1. The van der Waals surface area contributed by atoms with Crippen LogP contribution in [0.25, 0.3) is 10.8 Å². The lowest BCUT2D eigenvalue weighted by atomic mass is 9.71. The number of halogens is 3. The van der Waals surface area contributed by atoms with Crippen LogP contribution in [0.15, 0.2) is 30.6 Å². The van der Waals surface area contributed by atoms with Crippen molar-refractivity contribution in [2.75, 3.05) is 31.1 Å². The van der Waals surface area contributed by atoms with Gasteiger partial charge in [0.05, 0.1) is 10.3 Å². The topological polar surface area (TPSA) is 109 Å². The summed E-state index contributed by atoms with van der Waals surface area (Å²) in [6.45, 7) is 8.64. The standard InChI is InChI=1S/C17H20N4O2.C2HF3O2/c1-16-8-19-9-17(16,2)11-20(10-16)14-3-4-15(21(22)23)13-7-18-6-5-12(13)14;3-2(4,5)1(6)7/h3-7,19H,8-11H2,1-2H3;(H,6,7)/t16-,17+;. The van der Waals surface area contributed by atoms with E-state index in [1.807, 2.05) is 12.1 Å². The van der Waals surface area contributed by atoms with Crippen LogP contribution in [0.1, 0.15) is 13.8 Å². The molecule has 0 unspecified atom stereocenters. The van der Waals surface area contributed by atoms with Gasteiger partial charge >= 0.3 is 12.1 Å². The number of non-ortho nitro benzene ring substituents is 1. The van der Waals surface area contributed by atoms with E-state index < -0.39 is 12.1 Å². The van der Waals surface area contributed by atoms with E-state index in [1.54, 1.807) is 18.5 Å². The maximum absolute atomic E-state index is 11.3. The van der Waals surface area contributed by atoms with Crippen molar-refractivity contribution >= 4 is 28.1 Å². The van der Waals surface area contributed by atoms with Crippen LogP contribution in [0.2, 0.25) is 0 Å². The van der Waals surface area contributed by atoms with Crippen LogP contribution >= 0.6 is 0 Å². The summed E-state index contributed by atoms with van der Waals surface area (Å²) in [6, 6.07) is 5.38. The van der Waals surface area contributed by atoms with Crippen LogP contribution in [0.5, 0.6) is 0 Å². The number of aromatic nitrogens is 1. The Hall–Kier alpha value is -2.95. The van der Waals surface area contributed by atoms with Gasteiger partial charge in [-0.2, -0.15) is 13.2 Å². The Morgan fingerprint density at radius 2 is 1.77 bits per heavy atom. The largest absolute Gasteiger partial charge is 0.490 e. The molecule has 162 valence electrons. The third kappa shape index (κ3) is 3.76. The summed E-state index contributed by atoms with van der Waals surface area (Å²) < 4.78 is 31.7. The number of fused-ring (bicyclic) bond motifs is 2. The molecule has 11 heteroatoms. The zero-order valence-corrected chi connectivity index (χ0v) is 16.4. The van der Waals surface area contributed by atoms with Crippen LogP contribution in [-0.2, 0) is 4.79 Å². The summed E-state index contributed by atoms with van der Waals surface area (Å²) in [5.41, 5.74) is 1.66. The molecule has 2 aliphatic heterocycles. The van der Waals surface area contributed by atoms with Gasteiger partial charge in [0.1, 0.15) is 0 Å². The molecule has 2 fully saturated rings. The second-order valence-corrected chi connectivity index (χ2v) is 8.17. The van der Waals surface area contributed by atoms with Gasteiger partial charge in [0.25, 0.3) is 5.69 Å². The van der Waals surface area contributed by atoms with E-state index in [1.165, 1.54) is 0 Å². The van der Waals surface area contributed by atoms with Crippen molar-refractivity contribution in [1.82, 2.24) is 10.3 Å². The molecule has 1 aromatic heterocycles. The second-order valence-electron chi connectivity index (χ2n) is 8.17. The lowest BCUT2D eigenvalue weighted by Crippen LogP contribution is -2.34. The van der Waals surface area contributed by atoms with Crippen molar-refractivity contribution in [3.05, 3.63) is 40.7 Å². The minimum absolute atomic E-state index is 0.121. The molecule has 0 bridgehead atoms. The predicted octanol–water partition coefficient (Wildman–Crippen LogP) is 3.21. The van der Waals surface area contributed by atoms with E-state index in [9.17, 15) is 23.3 Å². The smallest absolute Gasteiger partial charge is 0.475 e. The number of pyridine rings is 1. The van der Waals surface area contributed by atoms with Crippen molar-refractivity contribution < 1.29 is 28.0 Å². The quantitative estimate of drug-likeness (QED) is 0.561. The van der Waals surface area contributed by atoms with Gasteiger partial charge in [-0.3, -0.25) is 15.1 Å². The van der Waals surface area contributed by atoms with Gasteiger partial charge < -0.3 is 15.3 Å². The van der Waals surface area contributed by atoms with E-state index in [2.05, 4.69) is 29.0 Å². The molecule has 0 amide bonds. The Morgan fingerprint density at radius 1 is 1.20 bits per heavy atom. The molecule has 2 atom stereocenters. The first-order valence-corrected chi connectivity index (χ1v) is 9.15. The van der Waals surface area contributed by atoms with Crippen molar-refractivity contribution in [2.45, 2.75) is 20.0 Å². The number of nitro benzene ring substituents is 1. The fourth-order valence-corrected chi connectivity index (χ4v) is 4.20. The highest BCUT2D eigenvalue weighted by atomic mass is 19.4. The number of nitrogens with one attached hydrogen (secondary N) is 1. The lowest BCUT2D eigenvalue weighted by Gasteiger charge is -2.30. The molecule has 0 aliphatic carbocycles. The van der Waals surface area contributed by atoms with Crippen molar-refractivity contribution in [1.29, 1.82) is 0 Å². The molecule has 3 heterocycles. The Labute approximate surface area is 169 Å². The molecule has 2 aromatic rings. The van der Waals surface area contributed by atoms with Gasteiger partial charge in [0, 0.05) is 66.5 Å². The summed E-state index contributed by atoms with van der Waals surface area (Å²) in [4.78, 5) is 26.3. The number of hydrogen-bond donors (Lipinski definition) is 2. The van der Waals surface area contributed by atoms with E-state index >= 15 is 0 Å². The lowest BCUT2D eigenvalue weighted by molar-refractivity contribution is -0.383. The normalized spacial score (nSPS) is 25.6. The van der Waals surface area contributed by atoms with Crippen LogP contribution in [0.3, 0.4) is 0 Å². The molecule has 0 radical (unpaired) electrons. The molecular weight excluding hydrogens is 405 g/mol. The first kappa shape index (κ1) is 21.8. The van der Waals surface area contributed by atoms with Crippen LogP contribution in [-0.4, -0.2) is 53.3 Å². The Balaban J connectivity index is 0.000000318. The number of alkyl halides is 3. The van der Waals surface area contributed by atoms with Crippen molar-refractivity contribution in [2.24, 2.45) is 10.8 Å². The molecule has 2 saturated heterocycles. The van der Waals surface area contributed by atoms with E-state index in [4.69, 9.17) is 9.90 Å². The number of nitro groups is 1. The first-order chi connectivity index (χ1) is 13.9. The third-order valence-corrected chi connectivity index (χ3v) is 6.12. The number of hydrogen-bond acceptors (Lipinski definition) is 6. The molecule has 4 rings (SSSR count). The van der Waals surface area contributed by atoms with Gasteiger partial charge in [-0.1, -0.05) is 13.8 Å². The summed E-state index contributed by atoms with van der Waals surface area (Å²) >= 11 is 0. The monoisotopic (exact) mass is 426 g/mol. The summed E-state index contributed by atoms with van der Waals surface area (Å²) in [5, 5.41) is 23.4. The van der Waals surface area contributed by atoms with Gasteiger partial charge in [0.2, 0.25) is 0 Å². The highest BCUT2D eigenvalue weighted by Gasteiger charge is 2.55. The number of carboxylic acid groups (broad SMARTS) is 1. The fraction of sp³-hybridized carbons (Fsp3) is 0.474. The molecule has 0 spiro atoms. The zero-order valence-electron chi connectivity index (χ0n) is 16.4. The summed E-state index contributed by atoms with van der Waals surface area (Å²) in [7, 11) is 0. The highest BCUT2D eigenvalue weighted by molar-refractivity contribution is 5.99. The number of rotatable bonds is 2. The van der Waals surface area contributed by atoms with Gasteiger partial charge in [-0.05, 0) is 12.1 Å². The summed E-state index contributed by atoms with van der Waals surface area (Å²) in [6.07, 6.45) is -1.78. The number of benzene rings is 1. The second kappa shape index (κ2) is 7.38. The van der Waals surface area contributed by atoms with Crippen LogP contribution < -0.4 is 10.2 Å². The minimum Gasteiger partial charge on any atom is -0.475 e. The van der Waals surface area contributed by atoms with Gasteiger partial charge in [-0.15, -0.1) is 0 Å². The van der Waals surface area contributed by atoms with Gasteiger partial charge in [0.15, 0.2) is 0 Å². The maximum atomic E-state index is 11.3. The molecule has 1 aromatic carbocycles. The molecule has 2 N–H and O–H groups in total. The van der Waals surface area contributed by atoms with Crippen molar-refractivity contribution in [3.8, 4) is 0 Å². The van der Waals surface area contributed by atoms with E-state index in [0.717, 1.165) is 37.3 Å². The molecule has 0 saturated carbocycles. The minimum atomic E-state index is -5.08. The Kier molecular flexibility index (Phi) is 5.35. The van der Waals surface area contributed by atoms with Gasteiger partial charge in [-0.25, -0.2) is 4.79 Å². The van der Waals surface area contributed by atoms with E-state index in [0.29, 0.717) is 5.39 Å². The molecule has 30 heavy (non-hydrogen) atoms. The highest BCUT2D eigenvalue weighted by Crippen LogP contribution is 2.50. The summed E-state index contributed by atoms with van der Waals surface area (Å²) in [5.74, 6) is -2.76. The number of carbonyl (C=O) groups is 1. The zero-order chi connectivity index (χ0) is 22.3. The Bertz CT molecular complexity index is 981. The first-order valence-electron chi connectivity index (χ1n) is 9.15. The predicted molar refractivity (Wildman–Crippen MR) is 103 cm³/mol. The number of anilines is 1.